The third kappa shape index (κ3) is 3.83. The fourth-order valence-corrected chi connectivity index (χ4v) is 2.37. The lowest BCUT2D eigenvalue weighted by Crippen LogP contribution is -2.34. The molecule has 1 N–H and O–H groups in total. The van der Waals surface area contributed by atoms with Gasteiger partial charge in [-0.3, -0.25) is 0 Å². The quantitative estimate of drug-likeness (QED) is 0.889. The Kier molecular flexibility index (Phi) is 4.58. The lowest BCUT2D eigenvalue weighted by atomic mass is 10.1. The first-order valence-electron chi connectivity index (χ1n) is 5.97. The lowest BCUT2D eigenvalue weighted by Gasteiger charge is -2.19. The molecular formula is C12H22N2O3S. The second-order valence-corrected chi connectivity index (χ2v) is 7.22. The molecule has 1 heterocycles. The average Bonchev–Trinajstić information content (AvgIpc) is 2.73. The van der Waals surface area contributed by atoms with Crippen LogP contribution in [0, 0.1) is 0 Å². The third-order valence-corrected chi connectivity index (χ3v) is 4.35. The van der Waals surface area contributed by atoms with E-state index in [4.69, 9.17) is 4.42 Å². The summed E-state index contributed by atoms with van der Waals surface area (Å²) in [7, 11) is -1.95. The lowest BCUT2D eigenvalue weighted by molar-refractivity contribution is 0.353. The molecule has 0 radical (unpaired) electrons. The van der Waals surface area contributed by atoms with Gasteiger partial charge < -0.3 is 9.73 Å². The Morgan fingerprint density at radius 1 is 1.33 bits per heavy atom. The Morgan fingerprint density at radius 3 is 2.44 bits per heavy atom. The Morgan fingerprint density at radius 2 is 1.94 bits per heavy atom. The molecule has 104 valence electrons. The fraction of sp³-hybridized carbons (Fsp3) is 0.667. The van der Waals surface area contributed by atoms with Crippen LogP contribution in [0.2, 0.25) is 0 Å². The topological polar surface area (TPSA) is 62.6 Å². The van der Waals surface area contributed by atoms with Crippen molar-refractivity contribution in [2.75, 3.05) is 13.6 Å². The molecule has 0 spiro atoms. The van der Waals surface area contributed by atoms with Crippen molar-refractivity contribution in [1.29, 1.82) is 0 Å². The molecule has 0 fully saturated rings. The van der Waals surface area contributed by atoms with Crippen molar-refractivity contribution in [2.45, 2.75) is 44.9 Å². The number of rotatable bonds is 5. The minimum atomic E-state index is -3.48. The summed E-state index contributed by atoms with van der Waals surface area (Å²) in [6.07, 6.45) is 0. The molecule has 1 rings (SSSR count). The zero-order valence-electron chi connectivity index (χ0n) is 11.6. The van der Waals surface area contributed by atoms with Gasteiger partial charge in [-0.2, -0.15) is 4.31 Å². The van der Waals surface area contributed by atoms with Crippen molar-refractivity contribution in [2.24, 2.45) is 0 Å². The Hall–Kier alpha value is -0.850. The van der Waals surface area contributed by atoms with Crippen molar-refractivity contribution in [3.8, 4) is 0 Å². The highest BCUT2D eigenvalue weighted by Gasteiger charge is 2.23. The van der Waals surface area contributed by atoms with Crippen LogP contribution in [-0.4, -0.2) is 31.9 Å². The molecule has 0 saturated carbocycles. The van der Waals surface area contributed by atoms with Gasteiger partial charge in [-0.15, -0.1) is 0 Å². The summed E-state index contributed by atoms with van der Waals surface area (Å²) in [5.74, 6) is 0.619. The number of nitrogens with one attached hydrogen (secondary N) is 1. The molecule has 0 unspecified atom stereocenters. The first-order valence-corrected chi connectivity index (χ1v) is 7.41. The zero-order valence-corrected chi connectivity index (χ0v) is 12.5. The van der Waals surface area contributed by atoms with Crippen LogP contribution in [0.3, 0.4) is 0 Å². The Bertz CT molecular complexity index is 486. The minimum Gasteiger partial charge on any atom is -0.447 e. The van der Waals surface area contributed by atoms with Crippen molar-refractivity contribution in [1.82, 2.24) is 9.62 Å². The van der Waals surface area contributed by atoms with Crippen molar-refractivity contribution < 1.29 is 12.8 Å². The van der Waals surface area contributed by atoms with Gasteiger partial charge in [0, 0.05) is 19.1 Å². The van der Waals surface area contributed by atoms with E-state index in [0.717, 1.165) is 0 Å². The number of furan rings is 1. The van der Waals surface area contributed by atoms with E-state index >= 15 is 0 Å². The predicted octanol–water partition coefficient (Wildman–Crippen LogP) is 1.81. The number of nitrogens with zero attached hydrogens (tertiary/aromatic N) is 1. The van der Waals surface area contributed by atoms with Crippen LogP contribution in [0.5, 0.6) is 0 Å². The molecule has 1 aromatic heterocycles. The Balaban J connectivity index is 2.81. The summed E-state index contributed by atoms with van der Waals surface area (Å²) >= 11 is 0. The van der Waals surface area contributed by atoms with Gasteiger partial charge in [0.1, 0.15) is 5.76 Å². The van der Waals surface area contributed by atoms with Gasteiger partial charge in [-0.25, -0.2) is 8.42 Å². The minimum absolute atomic E-state index is 0.00226. The molecule has 0 aliphatic heterocycles. The van der Waals surface area contributed by atoms with Gasteiger partial charge in [-0.05, 0) is 32.9 Å². The predicted molar refractivity (Wildman–Crippen MR) is 70.8 cm³/mol. The highest BCUT2D eigenvalue weighted by molar-refractivity contribution is 7.89. The SMILES string of the molecule is CCN(C)S(=O)(=O)c1ccc(CNC(C)(C)C)o1. The van der Waals surface area contributed by atoms with E-state index in [0.29, 0.717) is 18.8 Å². The van der Waals surface area contributed by atoms with Crippen molar-refractivity contribution in [3.05, 3.63) is 17.9 Å². The highest BCUT2D eigenvalue weighted by atomic mass is 32.2. The standard InChI is InChI=1S/C12H22N2O3S/c1-6-14(5)18(15,16)11-8-7-10(17-11)9-13-12(2,3)4/h7-8,13H,6,9H2,1-5H3. The summed E-state index contributed by atoms with van der Waals surface area (Å²) in [6, 6.07) is 3.19. The summed E-state index contributed by atoms with van der Waals surface area (Å²) in [4.78, 5) is 0. The maximum absolute atomic E-state index is 12.0. The van der Waals surface area contributed by atoms with Gasteiger partial charge >= 0.3 is 0 Å². The van der Waals surface area contributed by atoms with E-state index in [1.165, 1.54) is 17.4 Å². The molecule has 0 aliphatic carbocycles. The van der Waals surface area contributed by atoms with Gasteiger partial charge in [0.05, 0.1) is 6.54 Å². The van der Waals surface area contributed by atoms with Crippen molar-refractivity contribution >= 4 is 10.0 Å². The fourth-order valence-electron chi connectivity index (χ4n) is 1.27. The maximum Gasteiger partial charge on any atom is 0.276 e. The summed E-state index contributed by atoms with van der Waals surface area (Å²) in [5, 5.41) is 3.24. The van der Waals surface area contributed by atoms with Gasteiger partial charge in [0.25, 0.3) is 10.0 Å². The van der Waals surface area contributed by atoms with E-state index in [-0.39, 0.29) is 10.6 Å². The van der Waals surface area contributed by atoms with Gasteiger partial charge in [-0.1, -0.05) is 6.92 Å². The van der Waals surface area contributed by atoms with E-state index < -0.39 is 10.0 Å². The molecule has 1 aromatic rings. The molecule has 5 nitrogen and oxygen atoms in total. The largest absolute Gasteiger partial charge is 0.447 e. The molecule has 0 amide bonds. The third-order valence-electron chi connectivity index (χ3n) is 2.54. The molecule has 18 heavy (non-hydrogen) atoms. The van der Waals surface area contributed by atoms with Crippen LogP contribution in [0.25, 0.3) is 0 Å². The molecular weight excluding hydrogens is 252 g/mol. The van der Waals surface area contributed by atoms with Crippen LogP contribution >= 0.6 is 0 Å². The maximum atomic E-state index is 12.0. The van der Waals surface area contributed by atoms with E-state index in [1.807, 2.05) is 20.8 Å². The monoisotopic (exact) mass is 274 g/mol. The van der Waals surface area contributed by atoms with E-state index in [2.05, 4.69) is 5.32 Å². The highest BCUT2D eigenvalue weighted by Crippen LogP contribution is 2.18. The molecule has 0 saturated heterocycles. The van der Waals surface area contributed by atoms with Crippen LogP contribution in [0.15, 0.2) is 21.6 Å². The molecule has 0 bridgehead atoms. The number of hydrogen-bond donors (Lipinski definition) is 1. The molecule has 0 atom stereocenters. The molecule has 0 aromatic carbocycles. The second-order valence-electron chi connectivity index (χ2n) is 5.24. The van der Waals surface area contributed by atoms with Crippen LogP contribution in [-0.2, 0) is 16.6 Å². The number of sulfonamides is 1. The Labute approximate surface area is 109 Å². The second kappa shape index (κ2) is 5.42. The molecule has 0 aliphatic rings. The summed E-state index contributed by atoms with van der Waals surface area (Å²) in [5.41, 5.74) is -0.0357. The summed E-state index contributed by atoms with van der Waals surface area (Å²) in [6.45, 7) is 8.82. The normalized spacial score (nSPS) is 13.2. The van der Waals surface area contributed by atoms with Gasteiger partial charge in [0.2, 0.25) is 5.09 Å². The first-order chi connectivity index (χ1) is 8.16. The zero-order chi connectivity index (χ0) is 14.0. The number of hydrogen-bond acceptors (Lipinski definition) is 4. The van der Waals surface area contributed by atoms with Crippen LogP contribution in [0.1, 0.15) is 33.5 Å². The van der Waals surface area contributed by atoms with Crippen LogP contribution < -0.4 is 5.32 Å². The van der Waals surface area contributed by atoms with Crippen molar-refractivity contribution in [3.63, 3.8) is 0 Å². The van der Waals surface area contributed by atoms with Gasteiger partial charge in [0.15, 0.2) is 0 Å². The van der Waals surface area contributed by atoms with E-state index in [1.54, 1.807) is 13.0 Å². The van der Waals surface area contributed by atoms with E-state index in [9.17, 15) is 8.42 Å². The smallest absolute Gasteiger partial charge is 0.276 e. The molecule has 6 heteroatoms. The van der Waals surface area contributed by atoms with Crippen LogP contribution in [0.4, 0.5) is 0 Å². The average molecular weight is 274 g/mol. The summed E-state index contributed by atoms with van der Waals surface area (Å²) < 4.78 is 30.6. The first kappa shape index (κ1) is 15.2.